The highest BCUT2D eigenvalue weighted by molar-refractivity contribution is 5.88. The van der Waals surface area contributed by atoms with Crippen molar-refractivity contribution in [2.24, 2.45) is 5.92 Å². The van der Waals surface area contributed by atoms with E-state index in [9.17, 15) is 4.79 Å². The SMILES string of the molecule is Cc1cc(NC(=O)NCCCOCC2CC2)no1. The number of nitrogens with one attached hydrogen (secondary N) is 2. The van der Waals surface area contributed by atoms with Crippen LogP contribution in [0.4, 0.5) is 10.6 Å². The van der Waals surface area contributed by atoms with E-state index in [1.807, 2.05) is 0 Å². The molecule has 1 fully saturated rings. The second-order valence-corrected chi connectivity index (χ2v) is 4.58. The first-order valence-electron chi connectivity index (χ1n) is 6.30. The number of nitrogens with zero attached hydrogens (tertiary/aromatic N) is 1. The first kappa shape index (κ1) is 12.9. The van der Waals surface area contributed by atoms with E-state index in [4.69, 9.17) is 9.26 Å². The molecular formula is C12H19N3O3. The van der Waals surface area contributed by atoms with Gasteiger partial charge < -0.3 is 14.6 Å². The van der Waals surface area contributed by atoms with Gasteiger partial charge in [-0.3, -0.25) is 5.32 Å². The Balaban J connectivity index is 1.48. The predicted octanol–water partition coefficient (Wildman–Crippen LogP) is 1.92. The number of amides is 2. The highest BCUT2D eigenvalue weighted by atomic mass is 16.5. The molecule has 1 saturated carbocycles. The molecule has 1 aromatic heterocycles. The number of urea groups is 1. The van der Waals surface area contributed by atoms with Gasteiger partial charge in [-0.15, -0.1) is 0 Å². The molecule has 1 aliphatic carbocycles. The third-order valence-electron chi connectivity index (χ3n) is 2.67. The first-order valence-corrected chi connectivity index (χ1v) is 6.30. The molecule has 100 valence electrons. The first-order chi connectivity index (χ1) is 8.74. The Morgan fingerprint density at radius 3 is 3.11 bits per heavy atom. The fraction of sp³-hybridized carbons (Fsp3) is 0.667. The molecule has 18 heavy (non-hydrogen) atoms. The summed E-state index contributed by atoms with van der Waals surface area (Å²) in [5.41, 5.74) is 0. The van der Waals surface area contributed by atoms with Crippen molar-refractivity contribution in [3.05, 3.63) is 11.8 Å². The van der Waals surface area contributed by atoms with E-state index in [0.717, 1.165) is 18.9 Å². The van der Waals surface area contributed by atoms with Crippen LogP contribution in [0, 0.1) is 12.8 Å². The normalized spacial score (nSPS) is 14.5. The Morgan fingerprint density at radius 2 is 2.44 bits per heavy atom. The fourth-order valence-electron chi connectivity index (χ4n) is 1.50. The van der Waals surface area contributed by atoms with Crippen molar-refractivity contribution in [1.29, 1.82) is 0 Å². The predicted molar refractivity (Wildman–Crippen MR) is 66.4 cm³/mol. The molecule has 0 aromatic carbocycles. The van der Waals surface area contributed by atoms with E-state index < -0.39 is 0 Å². The Hall–Kier alpha value is -1.56. The van der Waals surface area contributed by atoms with Crippen LogP contribution in [0.5, 0.6) is 0 Å². The van der Waals surface area contributed by atoms with Crippen molar-refractivity contribution in [2.75, 3.05) is 25.1 Å². The van der Waals surface area contributed by atoms with Crippen LogP contribution in [0.1, 0.15) is 25.0 Å². The molecule has 0 unspecified atom stereocenters. The number of ether oxygens (including phenoxy) is 1. The lowest BCUT2D eigenvalue weighted by atomic mass is 10.4. The maximum atomic E-state index is 11.4. The fourth-order valence-corrected chi connectivity index (χ4v) is 1.50. The molecule has 2 amide bonds. The molecule has 1 aliphatic rings. The lowest BCUT2D eigenvalue weighted by Gasteiger charge is -2.05. The number of aryl methyl sites for hydroxylation is 1. The van der Waals surface area contributed by atoms with E-state index >= 15 is 0 Å². The van der Waals surface area contributed by atoms with E-state index in [1.165, 1.54) is 12.8 Å². The van der Waals surface area contributed by atoms with Gasteiger partial charge in [0.2, 0.25) is 0 Å². The largest absolute Gasteiger partial charge is 0.381 e. The van der Waals surface area contributed by atoms with Gasteiger partial charge in [0.15, 0.2) is 5.82 Å². The van der Waals surface area contributed by atoms with Gasteiger partial charge in [-0.05, 0) is 32.1 Å². The molecule has 2 rings (SSSR count). The summed E-state index contributed by atoms with van der Waals surface area (Å²) in [5, 5.41) is 8.99. The van der Waals surface area contributed by atoms with E-state index in [-0.39, 0.29) is 6.03 Å². The molecule has 6 heteroatoms. The maximum Gasteiger partial charge on any atom is 0.320 e. The summed E-state index contributed by atoms with van der Waals surface area (Å²) in [6, 6.07) is 1.39. The van der Waals surface area contributed by atoms with Crippen molar-refractivity contribution in [1.82, 2.24) is 10.5 Å². The molecule has 1 heterocycles. The van der Waals surface area contributed by atoms with Crippen LogP contribution >= 0.6 is 0 Å². The zero-order valence-electron chi connectivity index (χ0n) is 10.6. The van der Waals surface area contributed by atoms with Crippen LogP contribution in [0.2, 0.25) is 0 Å². The standard InChI is InChI=1S/C12H19N3O3/c1-9-7-11(15-18-9)14-12(16)13-5-2-6-17-8-10-3-4-10/h7,10H,2-6,8H2,1H3,(H2,13,14,15,16). The minimum Gasteiger partial charge on any atom is -0.381 e. The smallest absolute Gasteiger partial charge is 0.320 e. The Morgan fingerprint density at radius 1 is 1.61 bits per heavy atom. The Kier molecular flexibility index (Phi) is 4.58. The monoisotopic (exact) mass is 253 g/mol. The summed E-state index contributed by atoms with van der Waals surface area (Å²) in [6.45, 7) is 3.92. The second kappa shape index (κ2) is 6.39. The number of carbonyl (C=O) groups is 1. The zero-order chi connectivity index (χ0) is 12.8. The lowest BCUT2D eigenvalue weighted by molar-refractivity contribution is 0.122. The summed E-state index contributed by atoms with van der Waals surface area (Å²) in [6.07, 6.45) is 3.42. The highest BCUT2D eigenvalue weighted by Crippen LogP contribution is 2.28. The molecule has 0 aliphatic heterocycles. The molecule has 2 N–H and O–H groups in total. The number of rotatable bonds is 7. The summed E-state index contributed by atoms with van der Waals surface area (Å²) < 4.78 is 10.3. The van der Waals surface area contributed by atoms with Crippen LogP contribution in [0.25, 0.3) is 0 Å². The summed E-state index contributed by atoms with van der Waals surface area (Å²) in [7, 11) is 0. The summed E-state index contributed by atoms with van der Waals surface area (Å²) in [4.78, 5) is 11.4. The molecular weight excluding hydrogens is 234 g/mol. The molecule has 0 radical (unpaired) electrons. The highest BCUT2D eigenvalue weighted by Gasteiger charge is 2.20. The maximum absolute atomic E-state index is 11.4. The van der Waals surface area contributed by atoms with Crippen molar-refractivity contribution in [2.45, 2.75) is 26.2 Å². The van der Waals surface area contributed by atoms with E-state index in [1.54, 1.807) is 13.0 Å². The average Bonchev–Trinajstić information content (AvgIpc) is 3.07. The van der Waals surface area contributed by atoms with Gasteiger partial charge in [0.05, 0.1) is 0 Å². The average molecular weight is 253 g/mol. The van der Waals surface area contributed by atoms with Crippen LogP contribution in [-0.4, -0.2) is 30.9 Å². The molecule has 0 atom stereocenters. The molecule has 0 spiro atoms. The lowest BCUT2D eigenvalue weighted by Crippen LogP contribution is -2.30. The Bertz CT molecular complexity index is 388. The van der Waals surface area contributed by atoms with Gasteiger partial charge in [0.1, 0.15) is 5.76 Å². The van der Waals surface area contributed by atoms with Crippen molar-refractivity contribution >= 4 is 11.8 Å². The second-order valence-electron chi connectivity index (χ2n) is 4.58. The van der Waals surface area contributed by atoms with Gasteiger partial charge >= 0.3 is 6.03 Å². The molecule has 0 saturated heterocycles. The van der Waals surface area contributed by atoms with Gasteiger partial charge in [0, 0.05) is 25.8 Å². The number of hydrogen-bond donors (Lipinski definition) is 2. The van der Waals surface area contributed by atoms with Crippen LogP contribution in [0.15, 0.2) is 10.6 Å². The topological polar surface area (TPSA) is 76.4 Å². The van der Waals surface area contributed by atoms with Crippen LogP contribution < -0.4 is 10.6 Å². The number of hydrogen-bond acceptors (Lipinski definition) is 4. The Labute approximate surface area is 106 Å². The van der Waals surface area contributed by atoms with Crippen LogP contribution in [-0.2, 0) is 4.74 Å². The minimum atomic E-state index is -0.273. The quantitative estimate of drug-likeness (QED) is 0.728. The molecule has 1 aromatic rings. The van der Waals surface area contributed by atoms with Gasteiger partial charge in [-0.25, -0.2) is 4.79 Å². The molecule has 0 bridgehead atoms. The third kappa shape index (κ3) is 4.75. The third-order valence-corrected chi connectivity index (χ3v) is 2.67. The minimum absolute atomic E-state index is 0.273. The zero-order valence-corrected chi connectivity index (χ0v) is 10.6. The number of anilines is 1. The molecule has 6 nitrogen and oxygen atoms in total. The van der Waals surface area contributed by atoms with Gasteiger partial charge in [-0.2, -0.15) is 0 Å². The van der Waals surface area contributed by atoms with Crippen molar-refractivity contribution < 1.29 is 14.1 Å². The van der Waals surface area contributed by atoms with Gasteiger partial charge in [0.25, 0.3) is 0 Å². The van der Waals surface area contributed by atoms with Crippen LogP contribution in [0.3, 0.4) is 0 Å². The number of carbonyl (C=O) groups excluding carboxylic acids is 1. The summed E-state index contributed by atoms with van der Waals surface area (Å²) >= 11 is 0. The van der Waals surface area contributed by atoms with E-state index in [2.05, 4.69) is 15.8 Å². The summed E-state index contributed by atoms with van der Waals surface area (Å²) in [5.74, 6) is 1.88. The number of aromatic nitrogens is 1. The van der Waals surface area contributed by atoms with Crippen molar-refractivity contribution in [3.63, 3.8) is 0 Å². The van der Waals surface area contributed by atoms with Gasteiger partial charge in [-0.1, -0.05) is 5.16 Å². The van der Waals surface area contributed by atoms with Crippen molar-refractivity contribution in [3.8, 4) is 0 Å². The van der Waals surface area contributed by atoms with E-state index in [0.29, 0.717) is 24.7 Å².